The molecule has 5 nitrogen and oxygen atoms in total. The van der Waals surface area contributed by atoms with E-state index in [9.17, 15) is 9.59 Å². The van der Waals surface area contributed by atoms with Crippen molar-refractivity contribution >= 4 is 12.4 Å². The van der Waals surface area contributed by atoms with Gasteiger partial charge in [-0.05, 0) is 53.6 Å². The predicted octanol–water partition coefficient (Wildman–Crippen LogP) is 1.47. The summed E-state index contributed by atoms with van der Waals surface area (Å²) in [5.41, 5.74) is -0.538. The van der Waals surface area contributed by atoms with Gasteiger partial charge in [0, 0.05) is 0 Å². The van der Waals surface area contributed by atoms with E-state index >= 15 is 0 Å². The zero-order chi connectivity index (χ0) is 13.3. The molecule has 0 saturated heterocycles. The second-order valence-corrected chi connectivity index (χ2v) is 4.99. The third-order valence-corrected chi connectivity index (χ3v) is 2.06. The van der Waals surface area contributed by atoms with Crippen LogP contribution in [0.5, 0.6) is 0 Å². The number of carbonyl (C=O) groups excluding carboxylic acids is 2. The second kappa shape index (κ2) is 8.06. The average Bonchev–Trinajstić information content (AvgIpc) is 2.20. The number of ether oxygens (including phenoxy) is 1. The normalized spacial score (nSPS) is 12.9. The van der Waals surface area contributed by atoms with Crippen LogP contribution in [0.2, 0.25) is 0 Å². The lowest BCUT2D eigenvalue weighted by Crippen LogP contribution is -2.40. The molecule has 0 saturated carbocycles. The molecule has 0 heterocycles. The molecular formula is C12H24N2O3. The first-order valence-electron chi connectivity index (χ1n) is 5.98. The number of nitrogens with one attached hydrogen (secondary N) is 2. The summed E-state index contributed by atoms with van der Waals surface area (Å²) in [7, 11) is 1.89. The van der Waals surface area contributed by atoms with Crippen molar-refractivity contribution in [2.24, 2.45) is 0 Å². The Kier molecular flexibility index (Phi) is 7.54. The van der Waals surface area contributed by atoms with Crippen molar-refractivity contribution in [1.82, 2.24) is 10.6 Å². The maximum Gasteiger partial charge on any atom is 0.408 e. The van der Waals surface area contributed by atoms with E-state index in [1.54, 1.807) is 20.8 Å². The van der Waals surface area contributed by atoms with Crippen LogP contribution in [0, 0.1) is 0 Å². The molecule has 0 aliphatic heterocycles. The highest BCUT2D eigenvalue weighted by Crippen LogP contribution is 2.07. The summed E-state index contributed by atoms with van der Waals surface area (Å²) in [6.45, 7) is 6.28. The Balaban J connectivity index is 3.88. The fourth-order valence-electron chi connectivity index (χ4n) is 1.30. The fourth-order valence-corrected chi connectivity index (χ4v) is 1.30. The molecule has 17 heavy (non-hydrogen) atoms. The van der Waals surface area contributed by atoms with E-state index in [1.165, 1.54) is 0 Å². The maximum atomic E-state index is 11.4. The molecule has 5 heteroatoms. The van der Waals surface area contributed by atoms with Crippen LogP contribution >= 0.6 is 0 Å². The molecule has 0 aliphatic carbocycles. The highest BCUT2D eigenvalue weighted by Gasteiger charge is 2.18. The van der Waals surface area contributed by atoms with Crippen LogP contribution in [0.4, 0.5) is 4.79 Å². The van der Waals surface area contributed by atoms with Crippen LogP contribution in [-0.4, -0.2) is 37.6 Å². The van der Waals surface area contributed by atoms with Crippen molar-refractivity contribution in [3.8, 4) is 0 Å². The highest BCUT2D eigenvalue weighted by molar-refractivity contribution is 5.73. The van der Waals surface area contributed by atoms with Gasteiger partial charge in [0.1, 0.15) is 11.9 Å². The van der Waals surface area contributed by atoms with Gasteiger partial charge in [0.25, 0.3) is 0 Å². The third-order valence-electron chi connectivity index (χ3n) is 2.06. The smallest absolute Gasteiger partial charge is 0.408 e. The molecule has 0 aromatic carbocycles. The molecule has 0 bridgehead atoms. The number of alkyl carbamates (subject to hydrolysis) is 1. The Morgan fingerprint density at radius 3 is 2.47 bits per heavy atom. The number of carbonyl (C=O) groups is 2. The van der Waals surface area contributed by atoms with Crippen LogP contribution in [-0.2, 0) is 9.53 Å². The first-order valence-corrected chi connectivity index (χ1v) is 5.98. The lowest BCUT2D eigenvalue weighted by Gasteiger charge is -2.21. The molecular weight excluding hydrogens is 220 g/mol. The van der Waals surface area contributed by atoms with Gasteiger partial charge in [0.2, 0.25) is 0 Å². The predicted molar refractivity (Wildman–Crippen MR) is 67.0 cm³/mol. The van der Waals surface area contributed by atoms with Crippen molar-refractivity contribution < 1.29 is 14.3 Å². The van der Waals surface area contributed by atoms with E-state index in [2.05, 4.69) is 10.6 Å². The van der Waals surface area contributed by atoms with E-state index in [0.717, 1.165) is 25.7 Å². The van der Waals surface area contributed by atoms with Gasteiger partial charge in [0.15, 0.2) is 0 Å². The molecule has 0 unspecified atom stereocenters. The van der Waals surface area contributed by atoms with Crippen molar-refractivity contribution in [3.63, 3.8) is 0 Å². The van der Waals surface area contributed by atoms with E-state index in [1.807, 2.05) is 7.05 Å². The van der Waals surface area contributed by atoms with Crippen LogP contribution in [0.15, 0.2) is 0 Å². The molecule has 1 atom stereocenters. The summed E-state index contributed by atoms with van der Waals surface area (Å²) in [5.74, 6) is 0. The SMILES string of the molecule is CNCCCC[C@H](C=O)NC(=O)OC(C)(C)C. The van der Waals surface area contributed by atoms with Crippen molar-refractivity contribution in [1.29, 1.82) is 0 Å². The topological polar surface area (TPSA) is 67.4 Å². The molecule has 0 spiro atoms. The Morgan fingerprint density at radius 2 is 2.00 bits per heavy atom. The lowest BCUT2D eigenvalue weighted by atomic mass is 10.1. The maximum absolute atomic E-state index is 11.4. The number of aldehydes is 1. The van der Waals surface area contributed by atoms with Gasteiger partial charge >= 0.3 is 6.09 Å². The monoisotopic (exact) mass is 244 g/mol. The molecule has 0 aromatic rings. The highest BCUT2D eigenvalue weighted by atomic mass is 16.6. The van der Waals surface area contributed by atoms with Crippen molar-refractivity contribution in [2.45, 2.75) is 51.7 Å². The third kappa shape index (κ3) is 9.81. The van der Waals surface area contributed by atoms with Gasteiger partial charge in [-0.3, -0.25) is 0 Å². The second-order valence-electron chi connectivity index (χ2n) is 4.99. The largest absolute Gasteiger partial charge is 0.444 e. The van der Waals surface area contributed by atoms with E-state index in [-0.39, 0.29) is 0 Å². The molecule has 0 aromatic heterocycles. The van der Waals surface area contributed by atoms with Gasteiger partial charge in [0.05, 0.1) is 6.04 Å². The van der Waals surface area contributed by atoms with E-state index in [4.69, 9.17) is 4.74 Å². The molecule has 0 fully saturated rings. The lowest BCUT2D eigenvalue weighted by molar-refractivity contribution is -0.109. The summed E-state index contributed by atoms with van der Waals surface area (Å²) >= 11 is 0. The zero-order valence-electron chi connectivity index (χ0n) is 11.2. The molecule has 0 rings (SSSR count). The molecule has 0 radical (unpaired) electrons. The first kappa shape index (κ1) is 15.9. The fraction of sp³-hybridized carbons (Fsp3) is 0.833. The number of unbranched alkanes of at least 4 members (excludes halogenated alkanes) is 1. The summed E-state index contributed by atoms with van der Waals surface area (Å²) in [5, 5.41) is 5.58. The standard InChI is InChI=1S/C12H24N2O3/c1-12(2,3)17-11(16)14-10(9-15)7-5-6-8-13-4/h9-10,13H,5-8H2,1-4H3,(H,14,16)/t10-/m1/s1. The quantitative estimate of drug-likeness (QED) is 0.525. The van der Waals surface area contributed by atoms with Crippen LogP contribution < -0.4 is 10.6 Å². The minimum absolute atomic E-state index is 0.457. The van der Waals surface area contributed by atoms with Gasteiger partial charge in [-0.2, -0.15) is 0 Å². The number of amides is 1. The average molecular weight is 244 g/mol. The van der Waals surface area contributed by atoms with Gasteiger partial charge in [-0.15, -0.1) is 0 Å². The van der Waals surface area contributed by atoms with Gasteiger partial charge < -0.3 is 20.2 Å². The molecule has 100 valence electrons. The summed E-state index contributed by atoms with van der Waals surface area (Å²) < 4.78 is 5.08. The van der Waals surface area contributed by atoms with Gasteiger partial charge in [-0.25, -0.2) is 4.79 Å². The minimum Gasteiger partial charge on any atom is -0.444 e. The Bertz CT molecular complexity index is 236. The minimum atomic E-state index is -0.539. The van der Waals surface area contributed by atoms with Crippen molar-refractivity contribution in [3.05, 3.63) is 0 Å². The van der Waals surface area contributed by atoms with Crippen molar-refractivity contribution in [2.75, 3.05) is 13.6 Å². The first-order chi connectivity index (χ1) is 7.89. The van der Waals surface area contributed by atoms with E-state index in [0.29, 0.717) is 6.42 Å². The number of rotatable bonds is 7. The molecule has 1 amide bonds. The van der Waals surface area contributed by atoms with Crippen LogP contribution in [0.3, 0.4) is 0 Å². The van der Waals surface area contributed by atoms with E-state index < -0.39 is 17.7 Å². The van der Waals surface area contributed by atoms with Gasteiger partial charge in [-0.1, -0.05) is 0 Å². The summed E-state index contributed by atoms with van der Waals surface area (Å²) in [4.78, 5) is 22.2. The zero-order valence-corrected chi connectivity index (χ0v) is 11.2. The summed E-state index contributed by atoms with van der Waals surface area (Å²) in [6, 6.07) is -0.457. The Labute approximate surface area is 103 Å². The Hall–Kier alpha value is -1.10. The number of hydrogen-bond donors (Lipinski definition) is 2. The molecule has 2 N–H and O–H groups in total. The molecule has 0 aliphatic rings. The number of hydrogen-bond acceptors (Lipinski definition) is 4. The Morgan fingerprint density at radius 1 is 1.35 bits per heavy atom. The van der Waals surface area contributed by atoms with Crippen LogP contribution in [0.1, 0.15) is 40.0 Å². The summed E-state index contributed by atoms with van der Waals surface area (Å²) in [6.07, 6.45) is 2.73. The van der Waals surface area contributed by atoms with Crippen LogP contribution in [0.25, 0.3) is 0 Å².